The van der Waals surface area contributed by atoms with E-state index in [1.165, 1.54) is 12.1 Å². The topological polar surface area (TPSA) is 133 Å². The smallest absolute Gasteiger partial charge is 0.271 e. The van der Waals surface area contributed by atoms with Crippen molar-refractivity contribution in [3.8, 4) is 0 Å². The second-order valence-electron chi connectivity index (χ2n) is 6.37. The van der Waals surface area contributed by atoms with Crippen LogP contribution < -0.4 is 16.4 Å². The van der Waals surface area contributed by atoms with Gasteiger partial charge in [0.05, 0.1) is 6.10 Å². The van der Waals surface area contributed by atoms with E-state index in [1.807, 2.05) is 0 Å². The highest BCUT2D eigenvalue weighted by molar-refractivity contribution is 6.30. The molecule has 0 bridgehead atoms. The molecule has 28 heavy (non-hydrogen) atoms. The van der Waals surface area contributed by atoms with Gasteiger partial charge in [0.1, 0.15) is 11.9 Å². The van der Waals surface area contributed by atoms with E-state index in [2.05, 4.69) is 20.8 Å². The minimum atomic E-state index is -0.975. The molecule has 1 heterocycles. The number of benzene rings is 1. The molecule has 0 saturated carbocycles. The van der Waals surface area contributed by atoms with Crippen LogP contribution in [0.25, 0.3) is 0 Å². The Labute approximate surface area is 167 Å². The molecule has 0 aliphatic carbocycles. The first-order valence-electron chi connectivity index (χ1n) is 8.53. The minimum Gasteiger partial charge on any atom is -0.389 e. The van der Waals surface area contributed by atoms with Crippen molar-refractivity contribution in [3.05, 3.63) is 52.7 Å². The van der Waals surface area contributed by atoms with Gasteiger partial charge >= 0.3 is 0 Å². The fourth-order valence-corrected chi connectivity index (χ4v) is 2.71. The number of nitrogens with one attached hydrogen (secondary N) is 2. The van der Waals surface area contributed by atoms with Crippen molar-refractivity contribution < 1.29 is 14.7 Å². The Kier molecular flexibility index (Phi) is 7.68. The highest BCUT2D eigenvalue weighted by Crippen LogP contribution is 2.21. The summed E-state index contributed by atoms with van der Waals surface area (Å²) in [5.41, 5.74) is 6.23. The van der Waals surface area contributed by atoms with Gasteiger partial charge in [-0.15, -0.1) is 10.2 Å². The number of nitrogen functional groups attached to an aromatic ring is 1. The summed E-state index contributed by atoms with van der Waals surface area (Å²) in [5, 5.41) is 23.0. The van der Waals surface area contributed by atoms with Gasteiger partial charge in [-0.25, -0.2) is 0 Å². The lowest BCUT2D eigenvalue weighted by atomic mass is 10.1. The average Bonchev–Trinajstić information content (AvgIpc) is 2.65. The number of hydrogen-bond acceptors (Lipinski definition) is 7. The van der Waals surface area contributed by atoms with Crippen molar-refractivity contribution in [2.45, 2.75) is 12.1 Å². The standard InChI is InChI=1S/C18H23ClN6O3/c1-25(2)16(11-4-3-5-12(19)8-11)18(28)22-10-13(26)9-21-17(27)14-6-7-15(20)24-23-14/h3-8,13,16,26H,9-10H2,1-2H3,(H2,20,24)(H,21,27)(H,22,28). The highest BCUT2D eigenvalue weighted by atomic mass is 35.5. The van der Waals surface area contributed by atoms with Crippen LogP contribution in [-0.2, 0) is 4.79 Å². The molecule has 0 aliphatic rings. The van der Waals surface area contributed by atoms with Crippen LogP contribution in [0.2, 0.25) is 5.02 Å². The predicted molar refractivity (Wildman–Crippen MR) is 106 cm³/mol. The maximum absolute atomic E-state index is 12.6. The van der Waals surface area contributed by atoms with Gasteiger partial charge < -0.3 is 21.5 Å². The lowest BCUT2D eigenvalue weighted by molar-refractivity contribution is -0.126. The molecule has 2 amide bonds. The van der Waals surface area contributed by atoms with E-state index >= 15 is 0 Å². The third-order valence-corrected chi connectivity index (χ3v) is 4.09. The number of anilines is 1. The molecule has 2 rings (SSSR count). The Morgan fingerprint density at radius 2 is 1.89 bits per heavy atom. The number of aliphatic hydroxyl groups excluding tert-OH is 1. The SMILES string of the molecule is CN(C)C(C(=O)NCC(O)CNC(=O)c1ccc(N)nn1)c1cccc(Cl)c1. The summed E-state index contributed by atoms with van der Waals surface area (Å²) in [7, 11) is 3.55. The number of carbonyl (C=O) groups excluding carboxylic acids is 2. The molecule has 150 valence electrons. The molecule has 0 aliphatic heterocycles. The maximum atomic E-state index is 12.6. The number of rotatable bonds is 8. The number of nitrogens with two attached hydrogens (primary N) is 1. The van der Waals surface area contributed by atoms with Crippen molar-refractivity contribution in [2.75, 3.05) is 32.9 Å². The van der Waals surface area contributed by atoms with Crippen molar-refractivity contribution in [1.82, 2.24) is 25.7 Å². The quantitative estimate of drug-likeness (QED) is 0.492. The number of hydrogen-bond donors (Lipinski definition) is 4. The molecular formula is C18H23ClN6O3. The number of amides is 2. The van der Waals surface area contributed by atoms with Crippen molar-refractivity contribution >= 4 is 29.2 Å². The zero-order valence-corrected chi connectivity index (χ0v) is 16.3. The van der Waals surface area contributed by atoms with E-state index in [4.69, 9.17) is 17.3 Å². The van der Waals surface area contributed by atoms with Crippen LogP contribution in [0.5, 0.6) is 0 Å². The Morgan fingerprint density at radius 3 is 2.50 bits per heavy atom. The van der Waals surface area contributed by atoms with E-state index in [0.29, 0.717) is 5.02 Å². The van der Waals surface area contributed by atoms with Gasteiger partial charge in [0.25, 0.3) is 5.91 Å². The van der Waals surface area contributed by atoms with E-state index < -0.39 is 18.1 Å². The molecule has 1 aromatic carbocycles. The predicted octanol–water partition coefficient (Wildman–Crippen LogP) is 0.222. The molecule has 2 atom stereocenters. The van der Waals surface area contributed by atoms with Crippen LogP contribution in [0.4, 0.5) is 5.82 Å². The lowest BCUT2D eigenvalue weighted by Gasteiger charge is -2.24. The molecule has 0 saturated heterocycles. The van der Waals surface area contributed by atoms with Crippen molar-refractivity contribution in [2.24, 2.45) is 0 Å². The Hall–Kier alpha value is -2.75. The Bertz CT molecular complexity index is 815. The van der Waals surface area contributed by atoms with E-state index in [1.54, 1.807) is 43.3 Å². The number of carbonyl (C=O) groups is 2. The molecular weight excluding hydrogens is 384 g/mol. The molecule has 0 radical (unpaired) electrons. The number of aromatic nitrogens is 2. The second kappa shape index (κ2) is 9.98. The van der Waals surface area contributed by atoms with Crippen LogP contribution >= 0.6 is 11.6 Å². The van der Waals surface area contributed by atoms with E-state index in [0.717, 1.165) is 5.56 Å². The average molecular weight is 407 g/mol. The minimum absolute atomic E-state index is 0.0303. The Morgan fingerprint density at radius 1 is 1.18 bits per heavy atom. The number of aliphatic hydroxyl groups is 1. The largest absolute Gasteiger partial charge is 0.389 e. The normalized spacial score (nSPS) is 13.0. The fourth-order valence-electron chi connectivity index (χ4n) is 2.51. The summed E-state index contributed by atoms with van der Waals surface area (Å²) < 4.78 is 0. The first-order chi connectivity index (χ1) is 13.3. The van der Waals surface area contributed by atoms with Gasteiger partial charge in [-0.2, -0.15) is 0 Å². The number of nitrogens with zero attached hydrogens (tertiary/aromatic N) is 3. The van der Waals surface area contributed by atoms with Gasteiger partial charge in [0, 0.05) is 18.1 Å². The van der Waals surface area contributed by atoms with Gasteiger partial charge in [0.15, 0.2) is 5.69 Å². The van der Waals surface area contributed by atoms with Crippen molar-refractivity contribution in [3.63, 3.8) is 0 Å². The molecule has 2 unspecified atom stereocenters. The fraction of sp³-hybridized carbons (Fsp3) is 0.333. The van der Waals surface area contributed by atoms with Gasteiger partial charge in [0.2, 0.25) is 5.91 Å². The summed E-state index contributed by atoms with van der Waals surface area (Å²) in [4.78, 5) is 26.3. The van der Waals surface area contributed by atoms with Crippen LogP contribution in [0, 0.1) is 0 Å². The zero-order valence-electron chi connectivity index (χ0n) is 15.6. The van der Waals surface area contributed by atoms with E-state index in [9.17, 15) is 14.7 Å². The van der Waals surface area contributed by atoms with Crippen LogP contribution in [0.1, 0.15) is 22.1 Å². The molecule has 1 aromatic heterocycles. The molecule has 2 aromatic rings. The lowest BCUT2D eigenvalue weighted by Crippen LogP contribution is -2.43. The number of likely N-dealkylation sites (N-methyl/N-ethyl adjacent to an activating group) is 1. The van der Waals surface area contributed by atoms with Gasteiger partial charge in [-0.3, -0.25) is 14.5 Å². The summed E-state index contributed by atoms with van der Waals surface area (Å²) in [6, 6.07) is 9.34. The first-order valence-corrected chi connectivity index (χ1v) is 8.90. The molecule has 10 heteroatoms. The first kappa shape index (κ1) is 21.5. The third-order valence-electron chi connectivity index (χ3n) is 3.86. The molecule has 0 spiro atoms. The zero-order chi connectivity index (χ0) is 20.7. The maximum Gasteiger partial charge on any atom is 0.271 e. The molecule has 5 N–H and O–H groups in total. The summed E-state index contributed by atoms with van der Waals surface area (Å²) >= 11 is 6.01. The molecule has 9 nitrogen and oxygen atoms in total. The summed E-state index contributed by atoms with van der Waals surface area (Å²) in [6.45, 7) is -0.0909. The van der Waals surface area contributed by atoms with Crippen LogP contribution in [0.3, 0.4) is 0 Å². The Balaban J connectivity index is 1.86. The van der Waals surface area contributed by atoms with Crippen molar-refractivity contribution in [1.29, 1.82) is 0 Å². The van der Waals surface area contributed by atoms with Gasteiger partial charge in [-0.1, -0.05) is 23.7 Å². The summed E-state index contributed by atoms with van der Waals surface area (Å²) in [6.07, 6.45) is -0.975. The van der Waals surface area contributed by atoms with Crippen LogP contribution in [-0.4, -0.2) is 65.3 Å². The summed E-state index contributed by atoms with van der Waals surface area (Å²) in [5.74, 6) is -0.584. The van der Waals surface area contributed by atoms with Gasteiger partial charge in [-0.05, 0) is 43.9 Å². The number of halogens is 1. The monoisotopic (exact) mass is 406 g/mol. The second-order valence-corrected chi connectivity index (χ2v) is 6.81. The highest BCUT2D eigenvalue weighted by Gasteiger charge is 2.23. The molecule has 0 fully saturated rings. The van der Waals surface area contributed by atoms with E-state index in [-0.39, 0.29) is 30.5 Å². The van der Waals surface area contributed by atoms with Crippen LogP contribution in [0.15, 0.2) is 36.4 Å². The third kappa shape index (κ3) is 6.15.